The monoisotopic (exact) mass is 297 g/mol. The topological polar surface area (TPSA) is 29.9 Å². The van der Waals surface area contributed by atoms with E-state index in [9.17, 15) is 0 Å². The smallest absolute Gasteiger partial charge is 0.0945 e. The molecular weight excluding hydrogens is 270 g/mol. The minimum atomic E-state index is 0.632. The summed E-state index contributed by atoms with van der Waals surface area (Å²) in [5.74, 6) is 0.632. The molecule has 0 amide bonds. The first-order chi connectivity index (χ1) is 10.9. The van der Waals surface area contributed by atoms with E-state index in [4.69, 9.17) is 0 Å². The second-order valence-corrected chi connectivity index (χ2v) is 6.40. The zero-order valence-corrected chi connectivity index (χ0v) is 13.6. The van der Waals surface area contributed by atoms with Crippen LogP contribution in [0.2, 0.25) is 0 Å². The van der Waals surface area contributed by atoms with Crippen molar-refractivity contribution < 1.29 is 0 Å². The molecule has 1 N–H and O–H groups in total. The minimum Gasteiger partial charge on any atom is -0.384 e. The van der Waals surface area contributed by atoms with Gasteiger partial charge in [0, 0.05) is 37.1 Å². The average molecular weight is 297 g/mol. The molecule has 2 aromatic rings. The maximum atomic E-state index is 4.12. The Balaban J connectivity index is 1.59. The largest absolute Gasteiger partial charge is 0.384 e. The molecule has 3 rings (SSSR count). The Kier molecular flexibility index (Phi) is 5.15. The first kappa shape index (κ1) is 15.1. The van der Waals surface area contributed by atoms with Crippen molar-refractivity contribution in [1.29, 1.82) is 0 Å². The highest BCUT2D eigenvalue weighted by atomic mass is 15.0. The Morgan fingerprint density at radius 3 is 3.05 bits per heavy atom. The zero-order chi connectivity index (χ0) is 15.2. The van der Waals surface area contributed by atoms with Crippen LogP contribution in [0.3, 0.4) is 0 Å². The Morgan fingerprint density at radius 1 is 1.27 bits per heavy atom. The third-order valence-electron chi connectivity index (χ3n) is 4.71. The van der Waals surface area contributed by atoms with Crippen molar-refractivity contribution in [3.63, 3.8) is 0 Å². The van der Waals surface area contributed by atoms with E-state index in [1.54, 1.807) is 0 Å². The van der Waals surface area contributed by atoms with Crippen molar-refractivity contribution in [2.45, 2.75) is 57.9 Å². The summed E-state index contributed by atoms with van der Waals surface area (Å²) >= 11 is 0. The molecule has 0 spiro atoms. The van der Waals surface area contributed by atoms with Crippen molar-refractivity contribution in [3.8, 4) is 0 Å². The molecule has 2 heterocycles. The summed E-state index contributed by atoms with van der Waals surface area (Å²) in [7, 11) is 0. The summed E-state index contributed by atoms with van der Waals surface area (Å²) in [5, 5.41) is 3.56. The number of fused-ring (bicyclic) bond motifs is 1. The van der Waals surface area contributed by atoms with Crippen LogP contribution in [0.15, 0.2) is 36.9 Å². The summed E-state index contributed by atoms with van der Waals surface area (Å²) in [5.41, 5.74) is 4.37. The summed E-state index contributed by atoms with van der Waals surface area (Å²) in [6, 6.07) is 7.03. The van der Waals surface area contributed by atoms with E-state index in [0.717, 1.165) is 13.1 Å². The number of imidazole rings is 1. The molecule has 0 fully saturated rings. The van der Waals surface area contributed by atoms with Gasteiger partial charge in [-0.25, -0.2) is 4.98 Å². The average Bonchev–Trinajstić information content (AvgIpc) is 3.19. The lowest BCUT2D eigenvalue weighted by Gasteiger charge is -2.12. The van der Waals surface area contributed by atoms with Gasteiger partial charge in [0.2, 0.25) is 0 Å². The van der Waals surface area contributed by atoms with Gasteiger partial charge in [-0.05, 0) is 36.5 Å². The molecule has 1 atom stereocenters. The second kappa shape index (κ2) is 7.48. The number of unbranched alkanes of at least 4 members (excludes halogenated alkanes) is 3. The van der Waals surface area contributed by atoms with E-state index < -0.39 is 0 Å². The maximum absolute atomic E-state index is 4.12. The molecule has 0 bridgehead atoms. The number of anilines is 1. The lowest BCUT2D eigenvalue weighted by Crippen LogP contribution is -2.06. The molecule has 0 saturated heterocycles. The molecule has 1 aromatic carbocycles. The van der Waals surface area contributed by atoms with E-state index in [1.807, 2.05) is 18.7 Å². The number of hydrogen-bond acceptors (Lipinski definition) is 2. The zero-order valence-electron chi connectivity index (χ0n) is 13.6. The molecule has 1 aliphatic rings. The van der Waals surface area contributed by atoms with Crippen LogP contribution >= 0.6 is 0 Å². The van der Waals surface area contributed by atoms with Gasteiger partial charge >= 0.3 is 0 Å². The van der Waals surface area contributed by atoms with Gasteiger partial charge in [-0.1, -0.05) is 38.3 Å². The van der Waals surface area contributed by atoms with Crippen LogP contribution in [0.1, 0.15) is 56.1 Å². The van der Waals surface area contributed by atoms with Gasteiger partial charge in [0.1, 0.15) is 0 Å². The van der Waals surface area contributed by atoms with Crippen LogP contribution in [-0.4, -0.2) is 16.1 Å². The predicted molar refractivity (Wildman–Crippen MR) is 92.4 cm³/mol. The first-order valence-electron chi connectivity index (χ1n) is 8.69. The Labute approximate surface area is 133 Å². The highest BCUT2D eigenvalue weighted by Crippen LogP contribution is 2.34. The van der Waals surface area contributed by atoms with E-state index in [0.29, 0.717) is 5.92 Å². The van der Waals surface area contributed by atoms with Gasteiger partial charge in [0.05, 0.1) is 6.33 Å². The van der Waals surface area contributed by atoms with Crippen molar-refractivity contribution in [2.75, 3.05) is 11.9 Å². The quantitative estimate of drug-likeness (QED) is 0.721. The molecular formula is C19H27N3. The molecule has 0 aliphatic carbocycles. The molecule has 22 heavy (non-hydrogen) atoms. The van der Waals surface area contributed by atoms with Crippen LogP contribution in [-0.2, 0) is 13.0 Å². The number of nitrogens with one attached hydrogen (secondary N) is 1. The highest BCUT2D eigenvalue weighted by molar-refractivity contribution is 5.58. The summed E-state index contributed by atoms with van der Waals surface area (Å²) in [6.07, 6.45) is 13.6. The van der Waals surface area contributed by atoms with E-state index in [1.165, 1.54) is 55.3 Å². The number of hydrogen-bond donors (Lipinski definition) is 1. The van der Waals surface area contributed by atoms with Crippen LogP contribution < -0.4 is 5.32 Å². The summed E-state index contributed by atoms with van der Waals surface area (Å²) in [4.78, 5) is 4.12. The standard InChI is InChI=1S/C19H27N3/c1-2-3-4-5-6-16-7-8-19-18(13-16)17(14-21-19)9-11-22-12-10-20-15-22/h7-8,10,12-13,15,17,21H,2-6,9,11,14H2,1H3. The van der Waals surface area contributed by atoms with Crippen molar-refractivity contribution >= 4 is 5.69 Å². The van der Waals surface area contributed by atoms with Crippen LogP contribution in [0.4, 0.5) is 5.69 Å². The molecule has 3 heteroatoms. The van der Waals surface area contributed by atoms with Crippen LogP contribution in [0, 0.1) is 0 Å². The fraction of sp³-hybridized carbons (Fsp3) is 0.526. The van der Waals surface area contributed by atoms with Gasteiger partial charge in [0.25, 0.3) is 0 Å². The molecule has 1 aromatic heterocycles. The van der Waals surface area contributed by atoms with Crippen LogP contribution in [0.25, 0.3) is 0 Å². The first-order valence-corrected chi connectivity index (χ1v) is 8.69. The lowest BCUT2D eigenvalue weighted by molar-refractivity contribution is 0.574. The highest BCUT2D eigenvalue weighted by Gasteiger charge is 2.22. The van der Waals surface area contributed by atoms with Gasteiger partial charge in [-0.3, -0.25) is 0 Å². The number of nitrogens with zero attached hydrogens (tertiary/aromatic N) is 2. The van der Waals surface area contributed by atoms with E-state index in [-0.39, 0.29) is 0 Å². The number of benzene rings is 1. The van der Waals surface area contributed by atoms with Gasteiger partial charge in [0.15, 0.2) is 0 Å². The number of rotatable bonds is 8. The van der Waals surface area contributed by atoms with Crippen LogP contribution in [0.5, 0.6) is 0 Å². The molecule has 0 saturated carbocycles. The maximum Gasteiger partial charge on any atom is 0.0945 e. The minimum absolute atomic E-state index is 0.632. The Hall–Kier alpha value is -1.77. The van der Waals surface area contributed by atoms with E-state index in [2.05, 4.69) is 40.0 Å². The molecule has 0 radical (unpaired) electrons. The van der Waals surface area contributed by atoms with Gasteiger partial charge in [-0.15, -0.1) is 0 Å². The number of aryl methyl sites for hydroxylation is 2. The Bertz CT molecular complexity index is 574. The Morgan fingerprint density at radius 2 is 2.23 bits per heavy atom. The fourth-order valence-electron chi connectivity index (χ4n) is 3.35. The third kappa shape index (κ3) is 3.70. The second-order valence-electron chi connectivity index (χ2n) is 6.40. The number of aromatic nitrogens is 2. The van der Waals surface area contributed by atoms with Crippen molar-refractivity contribution in [2.24, 2.45) is 0 Å². The molecule has 1 aliphatic heterocycles. The lowest BCUT2D eigenvalue weighted by atomic mass is 9.94. The van der Waals surface area contributed by atoms with Crippen molar-refractivity contribution in [1.82, 2.24) is 9.55 Å². The third-order valence-corrected chi connectivity index (χ3v) is 4.71. The normalized spacial score (nSPS) is 16.5. The summed E-state index contributed by atoms with van der Waals surface area (Å²) in [6.45, 7) is 4.39. The SMILES string of the molecule is CCCCCCc1ccc2c(c1)C(CCn1ccnc1)CN2. The molecule has 3 nitrogen and oxygen atoms in total. The van der Waals surface area contributed by atoms with Crippen molar-refractivity contribution in [3.05, 3.63) is 48.0 Å². The predicted octanol–water partition coefficient (Wildman–Crippen LogP) is 4.61. The van der Waals surface area contributed by atoms with Gasteiger partial charge < -0.3 is 9.88 Å². The summed E-state index contributed by atoms with van der Waals surface area (Å²) < 4.78 is 2.17. The van der Waals surface area contributed by atoms with E-state index >= 15 is 0 Å². The molecule has 1 unspecified atom stereocenters. The molecule has 118 valence electrons. The fourth-order valence-corrected chi connectivity index (χ4v) is 3.35. The van der Waals surface area contributed by atoms with Gasteiger partial charge in [-0.2, -0.15) is 0 Å².